The Balaban J connectivity index is 1.25. The molecule has 2 fully saturated rings. The molecule has 0 aliphatic carbocycles. The van der Waals surface area contributed by atoms with Crippen LogP contribution in [-0.4, -0.2) is 51.9 Å². The average Bonchev–Trinajstić information content (AvgIpc) is 3.34. The number of benzene rings is 1. The number of aromatic nitrogens is 3. The van der Waals surface area contributed by atoms with Crippen molar-refractivity contribution < 1.29 is 13.6 Å². The smallest absolute Gasteiger partial charge is 0.255 e. The van der Waals surface area contributed by atoms with E-state index >= 15 is 0 Å². The third-order valence-electron chi connectivity index (χ3n) is 5.83. The van der Waals surface area contributed by atoms with E-state index < -0.39 is 11.6 Å². The number of hydrogen-bond donors (Lipinski definition) is 0. The second kappa shape index (κ2) is 7.44. The Morgan fingerprint density at radius 2 is 1.67 bits per heavy atom. The molecule has 0 N–H and O–H groups in total. The summed E-state index contributed by atoms with van der Waals surface area (Å²) in [5.74, 6) is 0.112. The summed E-state index contributed by atoms with van der Waals surface area (Å²) in [7, 11) is 0. The first-order valence-electron chi connectivity index (χ1n) is 9.81. The topological polar surface area (TPSA) is 62.2 Å². The van der Waals surface area contributed by atoms with Crippen LogP contribution in [0.2, 0.25) is 0 Å². The summed E-state index contributed by atoms with van der Waals surface area (Å²) in [6.45, 7) is 3.03. The molecule has 1 amide bonds. The summed E-state index contributed by atoms with van der Waals surface area (Å²) >= 11 is 0. The van der Waals surface area contributed by atoms with Crippen LogP contribution in [0.25, 0.3) is 11.3 Å². The number of halogens is 2. The van der Waals surface area contributed by atoms with Gasteiger partial charge in [0.15, 0.2) is 0 Å². The highest BCUT2D eigenvalue weighted by molar-refractivity contribution is 5.94. The molecule has 6 nitrogen and oxygen atoms in total. The molecule has 4 heterocycles. The summed E-state index contributed by atoms with van der Waals surface area (Å²) < 4.78 is 27.1. The largest absolute Gasteiger partial charge is 0.340 e. The van der Waals surface area contributed by atoms with Crippen LogP contribution in [0.4, 0.5) is 14.7 Å². The van der Waals surface area contributed by atoms with E-state index in [1.54, 1.807) is 30.6 Å². The quantitative estimate of drug-likeness (QED) is 0.668. The van der Waals surface area contributed by atoms with Gasteiger partial charge >= 0.3 is 0 Å². The minimum Gasteiger partial charge on any atom is -0.340 e. The molecule has 0 bridgehead atoms. The van der Waals surface area contributed by atoms with E-state index in [-0.39, 0.29) is 11.5 Å². The molecule has 8 heteroatoms. The Morgan fingerprint density at radius 1 is 0.933 bits per heavy atom. The normalized spacial score (nSPS) is 20.5. The van der Waals surface area contributed by atoms with Crippen molar-refractivity contribution in [2.75, 3.05) is 31.1 Å². The molecule has 2 unspecified atom stereocenters. The van der Waals surface area contributed by atoms with Crippen molar-refractivity contribution in [3.8, 4) is 11.3 Å². The number of anilines is 1. The highest BCUT2D eigenvalue weighted by Crippen LogP contribution is 2.33. The van der Waals surface area contributed by atoms with Crippen LogP contribution in [0.15, 0.2) is 55.0 Å². The molecule has 3 aromatic rings. The van der Waals surface area contributed by atoms with E-state index in [1.165, 1.54) is 18.3 Å². The van der Waals surface area contributed by atoms with Gasteiger partial charge in [0, 0.05) is 68.2 Å². The molecule has 2 aromatic heterocycles. The van der Waals surface area contributed by atoms with E-state index in [0.717, 1.165) is 25.1 Å². The molecular formula is C22H19F2N5O. The Bertz CT molecular complexity index is 1060. The van der Waals surface area contributed by atoms with Crippen molar-refractivity contribution in [1.29, 1.82) is 0 Å². The van der Waals surface area contributed by atoms with Crippen LogP contribution < -0.4 is 4.90 Å². The summed E-state index contributed by atoms with van der Waals surface area (Å²) in [6, 6.07) is 8.39. The van der Waals surface area contributed by atoms with Gasteiger partial charge in [-0.1, -0.05) is 0 Å². The van der Waals surface area contributed by atoms with Crippen molar-refractivity contribution >= 4 is 11.9 Å². The van der Waals surface area contributed by atoms with Crippen molar-refractivity contribution in [3.63, 3.8) is 0 Å². The maximum Gasteiger partial charge on any atom is 0.255 e. The van der Waals surface area contributed by atoms with Crippen LogP contribution in [-0.2, 0) is 0 Å². The predicted molar refractivity (Wildman–Crippen MR) is 107 cm³/mol. The van der Waals surface area contributed by atoms with Gasteiger partial charge in [-0.15, -0.1) is 0 Å². The third-order valence-corrected chi connectivity index (χ3v) is 5.83. The van der Waals surface area contributed by atoms with Crippen LogP contribution in [0, 0.1) is 23.5 Å². The van der Waals surface area contributed by atoms with E-state index in [1.807, 2.05) is 4.90 Å². The van der Waals surface area contributed by atoms with E-state index in [4.69, 9.17) is 0 Å². The maximum absolute atomic E-state index is 14.0. The van der Waals surface area contributed by atoms with Gasteiger partial charge in [-0.25, -0.2) is 18.7 Å². The first-order valence-corrected chi connectivity index (χ1v) is 9.81. The fourth-order valence-electron chi connectivity index (χ4n) is 4.34. The average molecular weight is 407 g/mol. The molecule has 2 aliphatic heterocycles. The van der Waals surface area contributed by atoms with Crippen molar-refractivity contribution in [1.82, 2.24) is 19.9 Å². The van der Waals surface area contributed by atoms with Crippen LogP contribution >= 0.6 is 0 Å². The Morgan fingerprint density at radius 3 is 2.30 bits per heavy atom. The fourth-order valence-corrected chi connectivity index (χ4v) is 4.34. The lowest BCUT2D eigenvalue weighted by molar-refractivity contribution is 0.0782. The first kappa shape index (κ1) is 18.6. The summed E-state index contributed by atoms with van der Waals surface area (Å²) in [4.78, 5) is 29.8. The highest BCUT2D eigenvalue weighted by atomic mass is 19.1. The third kappa shape index (κ3) is 3.38. The first-order chi connectivity index (χ1) is 14.6. The number of rotatable bonds is 3. The summed E-state index contributed by atoms with van der Waals surface area (Å²) in [5, 5.41) is 0. The van der Waals surface area contributed by atoms with E-state index in [0.29, 0.717) is 36.2 Å². The Kier molecular flexibility index (Phi) is 4.61. The number of carbonyl (C=O) groups excluding carboxylic acids is 1. The van der Waals surface area contributed by atoms with E-state index in [2.05, 4.69) is 19.9 Å². The standard InChI is InChI=1S/C22H19F2N5O/c23-17-3-4-18(19(24)8-17)20-5-2-14(9-27-20)21(30)28-10-15-12-29(13-16(15)11-28)22-25-6-1-7-26-22/h1-9,15-16H,10-13H2. The molecule has 5 rings (SSSR count). The summed E-state index contributed by atoms with van der Waals surface area (Å²) in [6.07, 6.45) is 4.93. The predicted octanol–water partition coefficient (Wildman–Crippen LogP) is 3.03. The number of nitrogens with zero attached hydrogens (tertiary/aromatic N) is 5. The highest BCUT2D eigenvalue weighted by Gasteiger charge is 2.42. The molecule has 1 aromatic carbocycles. The van der Waals surface area contributed by atoms with Crippen LogP contribution in [0.1, 0.15) is 10.4 Å². The molecule has 152 valence electrons. The molecule has 2 aliphatic rings. The van der Waals surface area contributed by atoms with Crippen molar-refractivity contribution in [2.24, 2.45) is 11.8 Å². The Labute approximate surface area is 172 Å². The van der Waals surface area contributed by atoms with Gasteiger partial charge < -0.3 is 9.80 Å². The van der Waals surface area contributed by atoms with Gasteiger partial charge in [-0.05, 0) is 30.3 Å². The van der Waals surface area contributed by atoms with Crippen molar-refractivity contribution in [2.45, 2.75) is 0 Å². The minimum atomic E-state index is -0.680. The number of pyridine rings is 1. The molecular weight excluding hydrogens is 388 g/mol. The number of fused-ring (bicyclic) bond motifs is 1. The number of likely N-dealkylation sites (tertiary alicyclic amines) is 1. The molecule has 2 atom stereocenters. The lowest BCUT2D eigenvalue weighted by Crippen LogP contribution is -2.33. The molecule has 0 radical (unpaired) electrons. The van der Waals surface area contributed by atoms with Gasteiger partial charge in [0.1, 0.15) is 11.6 Å². The SMILES string of the molecule is O=C(c1ccc(-c2ccc(F)cc2F)nc1)N1CC2CN(c3ncccn3)CC2C1. The molecule has 30 heavy (non-hydrogen) atoms. The monoisotopic (exact) mass is 407 g/mol. The van der Waals surface area contributed by atoms with Crippen LogP contribution in [0.3, 0.4) is 0 Å². The maximum atomic E-state index is 14.0. The second-order valence-corrected chi connectivity index (χ2v) is 7.74. The Hall–Kier alpha value is -3.42. The van der Waals surface area contributed by atoms with E-state index in [9.17, 15) is 13.6 Å². The summed E-state index contributed by atoms with van der Waals surface area (Å²) in [5.41, 5.74) is 1.03. The number of carbonyl (C=O) groups is 1. The molecule has 0 spiro atoms. The minimum absolute atomic E-state index is 0.0782. The lowest BCUT2D eigenvalue weighted by atomic mass is 10.0. The zero-order valence-electron chi connectivity index (χ0n) is 16.1. The lowest BCUT2D eigenvalue weighted by Gasteiger charge is -2.21. The zero-order chi connectivity index (χ0) is 20.7. The molecule has 2 saturated heterocycles. The van der Waals surface area contributed by atoms with Gasteiger partial charge in [0.2, 0.25) is 5.95 Å². The van der Waals surface area contributed by atoms with Gasteiger partial charge in [0.05, 0.1) is 11.3 Å². The van der Waals surface area contributed by atoms with Crippen LogP contribution in [0.5, 0.6) is 0 Å². The van der Waals surface area contributed by atoms with Gasteiger partial charge in [-0.3, -0.25) is 9.78 Å². The van der Waals surface area contributed by atoms with Gasteiger partial charge in [0.25, 0.3) is 5.91 Å². The van der Waals surface area contributed by atoms with Crippen molar-refractivity contribution in [3.05, 3.63) is 72.2 Å². The van der Waals surface area contributed by atoms with Gasteiger partial charge in [-0.2, -0.15) is 0 Å². The fraction of sp³-hybridized carbons (Fsp3) is 0.273. The number of amides is 1. The molecule has 0 saturated carbocycles. The number of hydrogen-bond acceptors (Lipinski definition) is 5. The second-order valence-electron chi connectivity index (χ2n) is 7.74. The zero-order valence-corrected chi connectivity index (χ0v) is 16.1.